The summed E-state index contributed by atoms with van der Waals surface area (Å²) in [6.45, 7) is 1.38. The van der Waals surface area contributed by atoms with Gasteiger partial charge in [-0.15, -0.1) is 0 Å². The third kappa shape index (κ3) is 5.55. The molecule has 0 heterocycles. The first-order chi connectivity index (χ1) is 10.5. The topological polar surface area (TPSA) is 87.3 Å². The summed E-state index contributed by atoms with van der Waals surface area (Å²) in [6.07, 6.45) is 2.12. The Morgan fingerprint density at radius 3 is 2.41 bits per heavy atom. The van der Waals surface area contributed by atoms with Crippen LogP contribution in [0.15, 0.2) is 30.3 Å². The van der Waals surface area contributed by atoms with E-state index in [4.69, 9.17) is 0 Å². The fourth-order valence-corrected chi connectivity index (χ4v) is 2.13. The Hall–Kier alpha value is -2.37. The fourth-order valence-electron chi connectivity index (χ4n) is 2.13. The second kappa shape index (κ2) is 7.59. The SMILES string of the molecule is CC(=O)N[C@@H](CC(=O)NCC(=O)NC1CC1)c1ccccc1. The molecule has 1 aromatic rings. The van der Waals surface area contributed by atoms with Gasteiger partial charge in [0.25, 0.3) is 0 Å². The zero-order chi connectivity index (χ0) is 15.9. The lowest BCUT2D eigenvalue weighted by atomic mass is 10.0. The second-order valence-electron chi connectivity index (χ2n) is 5.49. The van der Waals surface area contributed by atoms with E-state index in [1.807, 2.05) is 30.3 Å². The molecule has 1 fully saturated rings. The first-order valence-electron chi connectivity index (χ1n) is 7.42. The van der Waals surface area contributed by atoms with E-state index >= 15 is 0 Å². The molecule has 0 radical (unpaired) electrons. The van der Waals surface area contributed by atoms with Crippen LogP contribution < -0.4 is 16.0 Å². The van der Waals surface area contributed by atoms with Crippen molar-refractivity contribution >= 4 is 17.7 Å². The van der Waals surface area contributed by atoms with Crippen molar-refractivity contribution in [1.29, 1.82) is 0 Å². The molecule has 6 heteroatoms. The summed E-state index contributed by atoms with van der Waals surface area (Å²) in [4.78, 5) is 34.8. The highest BCUT2D eigenvalue weighted by atomic mass is 16.2. The molecular weight excluding hydrogens is 282 g/mol. The summed E-state index contributed by atoms with van der Waals surface area (Å²) in [7, 11) is 0. The van der Waals surface area contributed by atoms with Crippen LogP contribution in [0.3, 0.4) is 0 Å². The Morgan fingerprint density at radius 2 is 1.82 bits per heavy atom. The Kier molecular flexibility index (Phi) is 5.52. The molecular formula is C16H21N3O3. The molecule has 0 saturated heterocycles. The minimum absolute atomic E-state index is 0.0308. The summed E-state index contributed by atoms with van der Waals surface area (Å²) in [6, 6.07) is 9.17. The summed E-state index contributed by atoms with van der Waals surface area (Å²) in [5, 5.41) is 8.15. The Bertz CT molecular complexity index is 541. The molecule has 2 rings (SSSR count). The van der Waals surface area contributed by atoms with Crippen LogP contribution in [0, 0.1) is 0 Å². The molecule has 3 amide bonds. The fraction of sp³-hybridized carbons (Fsp3) is 0.438. The van der Waals surface area contributed by atoms with Gasteiger partial charge in [-0.2, -0.15) is 0 Å². The molecule has 0 spiro atoms. The van der Waals surface area contributed by atoms with Gasteiger partial charge in [0.15, 0.2) is 0 Å². The first kappa shape index (κ1) is 16.0. The molecule has 22 heavy (non-hydrogen) atoms. The standard InChI is InChI=1S/C16H21N3O3/c1-11(20)18-14(12-5-3-2-4-6-12)9-15(21)17-10-16(22)19-13-7-8-13/h2-6,13-14H,7-10H2,1H3,(H,17,21)(H,18,20)(H,19,22)/t14-/m0/s1. The number of hydrogen-bond acceptors (Lipinski definition) is 3. The first-order valence-corrected chi connectivity index (χ1v) is 7.42. The number of amides is 3. The van der Waals surface area contributed by atoms with E-state index in [2.05, 4.69) is 16.0 Å². The van der Waals surface area contributed by atoms with Gasteiger partial charge >= 0.3 is 0 Å². The van der Waals surface area contributed by atoms with Gasteiger partial charge in [-0.05, 0) is 18.4 Å². The molecule has 118 valence electrons. The van der Waals surface area contributed by atoms with Gasteiger partial charge in [0.05, 0.1) is 19.0 Å². The van der Waals surface area contributed by atoms with Gasteiger partial charge in [-0.25, -0.2) is 0 Å². The van der Waals surface area contributed by atoms with E-state index in [1.54, 1.807) is 0 Å². The maximum Gasteiger partial charge on any atom is 0.239 e. The minimum Gasteiger partial charge on any atom is -0.352 e. The summed E-state index contributed by atoms with van der Waals surface area (Å²) in [5.74, 6) is -0.645. The molecule has 1 aliphatic rings. The average Bonchev–Trinajstić information content (AvgIpc) is 3.29. The van der Waals surface area contributed by atoms with E-state index in [1.165, 1.54) is 6.92 Å². The zero-order valence-electron chi connectivity index (χ0n) is 12.6. The highest BCUT2D eigenvalue weighted by Gasteiger charge is 2.23. The van der Waals surface area contributed by atoms with Crippen LogP contribution in [0.2, 0.25) is 0 Å². The van der Waals surface area contributed by atoms with Crippen molar-refractivity contribution in [3.63, 3.8) is 0 Å². The predicted octanol–water partition coefficient (Wildman–Crippen LogP) is 0.649. The van der Waals surface area contributed by atoms with Crippen LogP contribution in [0.5, 0.6) is 0 Å². The van der Waals surface area contributed by atoms with Crippen LogP contribution in [-0.2, 0) is 14.4 Å². The molecule has 3 N–H and O–H groups in total. The van der Waals surface area contributed by atoms with E-state index < -0.39 is 6.04 Å². The molecule has 1 atom stereocenters. The lowest BCUT2D eigenvalue weighted by Crippen LogP contribution is -2.39. The lowest BCUT2D eigenvalue weighted by Gasteiger charge is -2.18. The zero-order valence-corrected chi connectivity index (χ0v) is 12.6. The van der Waals surface area contributed by atoms with Crippen molar-refractivity contribution in [2.24, 2.45) is 0 Å². The maximum absolute atomic E-state index is 12.0. The van der Waals surface area contributed by atoms with Gasteiger partial charge in [-0.3, -0.25) is 14.4 Å². The molecule has 0 aliphatic heterocycles. The summed E-state index contributed by atoms with van der Waals surface area (Å²) < 4.78 is 0. The van der Waals surface area contributed by atoms with E-state index in [9.17, 15) is 14.4 Å². The summed E-state index contributed by atoms with van der Waals surface area (Å²) >= 11 is 0. The van der Waals surface area contributed by atoms with Gasteiger partial charge < -0.3 is 16.0 Å². The number of carbonyl (C=O) groups excluding carboxylic acids is 3. The van der Waals surface area contributed by atoms with Gasteiger partial charge in [0, 0.05) is 13.0 Å². The third-order valence-electron chi connectivity index (χ3n) is 3.36. The summed E-state index contributed by atoms with van der Waals surface area (Å²) in [5.41, 5.74) is 0.857. The van der Waals surface area contributed by atoms with E-state index in [0.717, 1.165) is 18.4 Å². The molecule has 6 nitrogen and oxygen atoms in total. The molecule has 0 aromatic heterocycles. The van der Waals surface area contributed by atoms with Crippen molar-refractivity contribution in [2.75, 3.05) is 6.54 Å². The van der Waals surface area contributed by atoms with E-state index in [0.29, 0.717) is 0 Å². The Morgan fingerprint density at radius 1 is 1.14 bits per heavy atom. The van der Waals surface area contributed by atoms with E-state index in [-0.39, 0.29) is 36.7 Å². The van der Waals surface area contributed by atoms with Crippen LogP contribution in [0.4, 0.5) is 0 Å². The number of nitrogens with one attached hydrogen (secondary N) is 3. The number of benzene rings is 1. The highest BCUT2D eigenvalue weighted by Crippen LogP contribution is 2.18. The second-order valence-corrected chi connectivity index (χ2v) is 5.49. The van der Waals surface area contributed by atoms with Crippen molar-refractivity contribution < 1.29 is 14.4 Å². The van der Waals surface area contributed by atoms with Crippen LogP contribution in [-0.4, -0.2) is 30.3 Å². The monoisotopic (exact) mass is 303 g/mol. The molecule has 1 aliphatic carbocycles. The number of carbonyl (C=O) groups is 3. The van der Waals surface area contributed by atoms with Crippen molar-refractivity contribution in [3.8, 4) is 0 Å². The van der Waals surface area contributed by atoms with Crippen molar-refractivity contribution in [2.45, 2.75) is 38.3 Å². The van der Waals surface area contributed by atoms with Crippen molar-refractivity contribution in [1.82, 2.24) is 16.0 Å². The normalized spacial score (nSPS) is 14.8. The molecule has 0 unspecified atom stereocenters. The number of hydrogen-bond donors (Lipinski definition) is 3. The lowest BCUT2D eigenvalue weighted by molar-refractivity contribution is -0.127. The maximum atomic E-state index is 12.0. The average molecular weight is 303 g/mol. The molecule has 0 bridgehead atoms. The Labute approximate surface area is 129 Å². The quantitative estimate of drug-likeness (QED) is 0.691. The molecule has 1 saturated carbocycles. The van der Waals surface area contributed by atoms with Crippen LogP contribution in [0.25, 0.3) is 0 Å². The molecule has 1 aromatic carbocycles. The smallest absolute Gasteiger partial charge is 0.239 e. The van der Waals surface area contributed by atoms with Gasteiger partial charge in [-0.1, -0.05) is 30.3 Å². The Balaban J connectivity index is 1.84. The van der Waals surface area contributed by atoms with Crippen molar-refractivity contribution in [3.05, 3.63) is 35.9 Å². The van der Waals surface area contributed by atoms with Gasteiger partial charge in [0.2, 0.25) is 17.7 Å². The largest absolute Gasteiger partial charge is 0.352 e. The number of rotatable bonds is 7. The highest BCUT2D eigenvalue weighted by molar-refractivity contribution is 5.85. The van der Waals surface area contributed by atoms with Crippen LogP contribution in [0.1, 0.15) is 37.8 Å². The predicted molar refractivity (Wildman–Crippen MR) is 81.8 cm³/mol. The third-order valence-corrected chi connectivity index (χ3v) is 3.36. The minimum atomic E-state index is -0.398. The van der Waals surface area contributed by atoms with Crippen LogP contribution >= 0.6 is 0 Å². The van der Waals surface area contributed by atoms with Gasteiger partial charge in [0.1, 0.15) is 0 Å².